The molecule has 2 unspecified atom stereocenters. The van der Waals surface area contributed by atoms with Gasteiger partial charge < -0.3 is 10.2 Å². The van der Waals surface area contributed by atoms with Gasteiger partial charge in [-0.1, -0.05) is 0 Å². The lowest BCUT2D eigenvalue weighted by Gasteiger charge is -2.12. The van der Waals surface area contributed by atoms with Crippen molar-refractivity contribution in [1.82, 2.24) is 0 Å². The molecule has 0 amide bonds. The maximum atomic E-state index is 10.9. The fourth-order valence-electron chi connectivity index (χ4n) is 0.650. The van der Waals surface area contributed by atoms with Crippen LogP contribution >= 0.6 is 0 Å². The molecule has 0 aliphatic rings. The molecule has 2 N–H and O–H groups in total. The van der Waals surface area contributed by atoms with Crippen LogP contribution in [0.3, 0.4) is 0 Å². The van der Waals surface area contributed by atoms with Gasteiger partial charge in [-0.25, -0.2) is 0 Å². The van der Waals surface area contributed by atoms with Gasteiger partial charge in [0.1, 0.15) is 12.2 Å². The summed E-state index contributed by atoms with van der Waals surface area (Å²) >= 11 is 0. The number of nitrogens with zero attached hydrogens (tertiary/aromatic N) is 2. The fraction of sp³-hybridized carbons (Fsp3) is 0.571. The Balaban J connectivity index is 3.98. The van der Waals surface area contributed by atoms with E-state index in [0.29, 0.717) is 0 Å². The second-order valence-electron chi connectivity index (χ2n) is 2.27. The summed E-state index contributed by atoms with van der Waals surface area (Å²) in [5.41, 5.74) is 0. The normalized spacial score (nSPS) is 14.8. The van der Waals surface area contributed by atoms with Gasteiger partial charge in [0.2, 0.25) is 0 Å². The third kappa shape index (κ3) is 3.36. The van der Waals surface area contributed by atoms with Crippen LogP contribution in [-0.2, 0) is 4.79 Å². The average Bonchev–Trinajstić information content (AvgIpc) is 2.04. The average molecular weight is 172 g/mol. The van der Waals surface area contributed by atoms with Crippen LogP contribution in [0.2, 0.25) is 0 Å². The first-order valence-electron chi connectivity index (χ1n) is 3.37. The number of aliphatic hydroxyl groups excluding tert-OH is 2. The van der Waals surface area contributed by atoms with Gasteiger partial charge in [-0.15, -0.1) is 0 Å². The van der Waals surface area contributed by atoms with E-state index in [1.807, 2.05) is 0 Å². The second-order valence-corrected chi connectivity index (χ2v) is 2.27. The lowest BCUT2D eigenvalue weighted by atomic mass is 10.1. The SMILES string of the molecule is C=NCC(=O)C(O)C(O)CN=C. The highest BCUT2D eigenvalue weighted by molar-refractivity contribution is 5.85. The summed E-state index contributed by atoms with van der Waals surface area (Å²) in [6, 6.07) is 0. The zero-order valence-electron chi connectivity index (χ0n) is 6.68. The molecule has 0 heterocycles. The largest absolute Gasteiger partial charge is 0.388 e. The highest BCUT2D eigenvalue weighted by atomic mass is 16.3. The van der Waals surface area contributed by atoms with Gasteiger partial charge in [0.15, 0.2) is 5.78 Å². The van der Waals surface area contributed by atoms with Crippen LogP contribution in [0.4, 0.5) is 0 Å². The molecule has 0 spiro atoms. The Morgan fingerprint density at radius 3 is 2.33 bits per heavy atom. The van der Waals surface area contributed by atoms with E-state index >= 15 is 0 Å². The zero-order chi connectivity index (χ0) is 9.56. The monoisotopic (exact) mass is 172 g/mol. The van der Waals surface area contributed by atoms with Crippen molar-refractivity contribution < 1.29 is 15.0 Å². The maximum absolute atomic E-state index is 10.9. The summed E-state index contributed by atoms with van der Waals surface area (Å²) in [5.74, 6) is -0.568. The van der Waals surface area contributed by atoms with Crippen molar-refractivity contribution in [3.05, 3.63) is 0 Å². The number of rotatable bonds is 6. The van der Waals surface area contributed by atoms with Crippen molar-refractivity contribution in [2.45, 2.75) is 12.2 Å². The second kappa shape index (κ2) is 5.56. The third-order valence-corrected chi connectivity index (χ3v) is 1.28. The lowest BCUT2D eigenvalue weighted by Crippen LogP contribution is -2.37. The summed E-state index contributed by atoms with van der Waals surface area (Å²) in [6.07, 6.45) is -2.64. The molecule has 0 aromatic rings. The van der Waals surface area contributed by atoms with E-state index < -0.39 is 18.0 Å². The Bertz CT molecular complexity index is 181. The van der Waals surface area contributed by atoms with Crippen molar-refractivity contribution in [3.63, 3.8) is 0 Å². The summed E-state index contributed by atoms with van der Waals surface area (Å²) < 4.78 is 0. The van der Waals surface area contributed by atoms with Crippen molar-refractivity contribution in [1.29, 1.82) is 0 Å². The molecule has 0 radical (unpaired) electrons. The highest BCUT2D eigenvalue weighted by Crippen LogP contribution is 1.96. The van der Waals surface area contributed by atoms with E-state index in [-0.39, 0.29) is 13.1 Å². The van der Waals surface area contributed by atoms with Crippen molar-refractivity contribution in [2.75, 3.05) is 13.1 Å². The van der Waals surface area contributed by atoms with Gasteiger partial charge in [0.05, 0.1) is 13.1 Å². The molecule has 0 fully saturated rings. The first kappa shape index (κ1) is 10.9. The van der Waals surface area contributed by atoms with Crippen LogP contribution in [0, 0.1) is 0 Å². The zero-order valence-corrected chi connectivity index (χ0v) is 6.68. The molecule has 0 aromatic heterocycles. The Kier molecular flexibility index (Phi) is 5.07. The molecule has 12 heavy (non-hydrogen) atoms. The molecule has 0 saturated carbocycles. The van der Waals surface area contributed by atoms with Gasteiger partial charge in [0, 0.05) is 0 Å². The minimum atomic E-state index is -1.44. The first-order chi connectivity index (χ1) is 5.63. The number of aliphatic hydroxyl groups is 2. The summed E-state index contributed by atoms with van der Waals surface area (Å²) in [7, 11) is 0. The van der Waals surface area contributed by atoms with E-state index in [4.69, 9.17) is 10.2 Å². The van der Waals surface area contributed by atoms with E-state index in [0.717, 1.165) is 0 Å². The van der Waals surface area contributed by atoms with Crippen LogP contribution in [0.25, 0.3) is 0 Å². The summed E-state index contributed by atoms with van der Waals surface area (Å²) in [4.78, 5) is 17.5. The molecule has 0 rings (SSSR count). The Hall–Kier alpha value is -1.07. The first-order valence-corrected chi connectivity index (χ1v) is 3.37. The van der Waals surface area contributed by atoms with Crippen molar-refractivity contribution in [3.8, 4) is 0 Å². The summed E-state index contributed by atoms with van der Waals surface area (Å²) in [5, 5.41) is 18.1. The molecule has 0 aliphatic carbocycles. The van der Waals surface area contributed by atoms with E-state index in [1.165, 1.54) is 0 Å². The highest BCUT2D eigenvalue weighted by Gasteiger charge is 2.22. The van der Waals surface area contributed by atoms with E-state index in [9.17, 15) is 4.79 Å². The van der Waals surface area contributed by atoms with Crippen molar-refractivity contribution in [2.24, 2.45) is 9.98 Å². The Morgan fingerprint density at radius 2 is 1.92 bits per heavy atom. The van der Waals surface area contributed by atoms with Crippen LogP contribution in [0.5, 0.6) is 0 Å². The van der Waals surface area contributed by atoms with Crippen LogP contribution in [-0.4, -0.2) is 54.7 Å². The minimum Gasteiger partial charge on any atom is -0.388 e. The standard InChI is InChI=1S/C7H12N2O3/c1-8-3-5(10)7(12)6(11)4-9-2/h5,7,10,12H,1-4H2. The van der Waals surface area contributed by atoms with Crippen LogP contribution in [0.15, 0.2) is 9.98 Å². The molecule has 5 heteroatoms. The molecule has 0 aromatic carbocycles. The van der Waals surface area contributed by atoms with Crippen LogP contribution < -0.4 is 0 Å². The number of carbonyl (C=O) groups is 1. The molecular weight excluding hydrogens is 160 g/mol. The number of hydrogen-bond acceptors (Lipinski definition) is 5. The molecular formula is C7H12N2O3. The number of ketones is 1. The number of carbonyl (C=O) groups excluding carboxylic acids is 1. The number of aliphatic imine (C=N–C) groups is 2. The third-order valence-electron chi connectivity index (χ3n) is 1.28. The topological polar surface area (TPSA) is 82.2 Å². The summed E-state index contributed by atoms with van der Waals surface area (Å²) in [6.45, 7) is 5.94. The minimum absolute atomic E-state index is 0.0654. The molecule has 0 aliphatic heterocycles. The smallest absolute Gasteiger partial charge is 0.185 e. The van der Waals surface area contributed by atoms with E-state index in [1.54, 1.807) is 0 Å². The van der Waals surface area contributed by atoms with Gasteiger partial charge >= 0.3 is 0 Å². The maximum Gasteiger partial charge on any atom is 0.185 e. The van der Waals surface area contributed by atoms with Gasteiger partial charge in [0.25, 0.3) is 0 Å². The number of Topliss-reactive ketones (excluding diaryl/α,β-unsaturated/α-hetero) is 1. The fourth-order valence-corrected chi connectivity index (χ4v) is 0.650. The van der Waals surface area contributed by atoms with E-state index in [2.05, 4.69) is 23.4 Å². The Morgan fingerprint density at radius 1 is 1.33 bits per heavy atom. The van der Waals surface area contributed by atoms with Gasteiger partial charge in [-0.3, -0.25) is 14.8 Å². The lowest BCUT2D eigenvalue weighted by molar-refractivity contribution is -0.130. The molecule has 0 saturated heterocycles. The molecule has 2 atom stereocenters. The molecule has 0 bridgehead atoms. The number of hydrogen-bond donors (Lipinski definition) is 2. The van der Waals surface area contributed by atoms with Crippen molar-refractivity contribution >= 4 is 19.2 Å². The van der Waals surface area contributed by atoms with Gasteiger partial charge in [-0.05, 0) is 13.4 Å². The van der Waals surface area contributed by atoms with Gasteiger partial charge in [-0.2, -0.15) is 0 Å². The molecule has 68 valence electrons. The molecule has 5 nitrogen and oxygen atoms in total. The quantitative estimate of drug-likeness (QED) is 0.487. The predicted molar refractivity (Wildman–Crippen MR) is 45.9 cm³/mol. The Labute approximate surface area is 70.5 Å². The predicted octanol–water partition coefficient (Wildman–Crippen LogP) is -1.32. The van der Waals surface area contributed by atoms with Crippen LogP contribution in [0.1, 0.15) is 0 Å².